The van der Waals surface area contributed by atoms with Gasteiger partial charge in [0.05, 0.1) is 11.4 Å². The van der Waals surface area contributed by atoms with E-state index in [-0.39, 0.29) is 22.8 Å². The molecule has 0 saturated carbocycles. The summed E-state index contributed by atoms with van der Waals surface area (Å²) < 4.78 is 32.8. The normalized spacial score (nSPS) is 11.9. The van der Waals surface area contributed by atoms with Crippen LogP contribution in [0.25, 0.3) is 6.08 Å². The van der Waals surface area contributed by atoms with Gasteiger partial charge in [-0.1, -0.05) is 15.9 Å². The molecule has 0 unspecified atom stereocenters. The number of nitrogens with zero attached hydrogens (tertiary/aromatic N) is 1. The second kappa shape index (κ2) is 7.44. The van der Waals surface area contributed by atoms with Crippen LogP contribution in [0.2, 0.25) is 0 Å². The molecule has 0 aliphatic heterocycles. The molecule has 1 aromatic heterocycles. The zero-order valence-corrected chi connectivity index (χ0v) is 14.6. The number of furan rings is 1. The summed E-state index contributed by atoms with van der Waals surface area (Å²) in [5.74, 6) is -0.321. The van der Waals surface area contributed by atoms with Crippen LogP contribution in [-0.4, -0.2) is 14.3 Å². The fourth-order valence-corrected chi connectivity index (χ4v) is 2.99. The van der Waals surface area contributed by atoms with Gasteiger partial charge in [0.15, 0.2) is 0 Å². The van der Waals surface area contributed by atoms with Crippen LogP contribution < -0.4 is 10.5 Å². The van der Waals surface area contributed by atoms with Gasteiger partial charge in [0, 0.05) is 10.5 Å². The second-order valence-electron chi connectivity index (χ2n) is 4.62. The molecule has 0 spiro atoms. The van der Waals surface area contributed by atoms with E-state index in [0.717, 1.165) is 4.47 Å². The minimum Gasteiger partial charge on any atom is -0.460 e. The largest absolute Gasteiger partial charge is 0.460 e. The van der Waals surface area contributed by atoms with Crippen LogP contribution in [-0.2, 0) is 21.4 Å². The Morgan fingerprint density at radius 1 is 1.29 bits per heavy atom. The molecule has 1 amide bonds. The predicted octanol–water partition coefficient (Wildman–Crippen LogP) is 1.91. The van der Waals surface area contributed by atoms with Gasteiger partial charge in [-0.25, -0.2) is 13.1 Å². The summed E-state index contributed by atoms with van der Waals surface area (Å²) >= 11 is 3.23. The van der Waals surface area contributed by atoms with Gasteiger partial charge in [-0.05, 0) is 36.4 Å². The van der Waals surface area contributed by atoms with Gasteiger partial charge in [-0.3, -0.25) is 4.79 Å². The fourth-order valence-electron chi connectivity index (χ4n) is 1.73. The Balaban J connectivity index is 2.09. The average Bonchev–Trinajstić information content (AvgIpc) is 2.98. The van der Waals surface area contributed by atoms with Gasteiger partial charge in [0.2, 0.25) is 10.0 Å². The van der Waals surface area contributed by atoms with E-state index in [2.05, 4.69) is 20.7 Å². The number of hydrogen-bond donors (Lipinski definition) is 2. The summed E-state index contributed by atoms with van der Waals surface area (Å²) in [6, 6.07) is 10.9. The van der Waals surface area contributed by atoms with E-state index in [1.807, 2.05) is 0 Å². The number of sulfonamides is 1. The van der Waals surface area contributed by atoms with Gasteiger partial charge in [-0.15, -0.1) is 0 Å². The van der Waals surface area contributed by atoms with Gasteiger partial charge in [0.25, 0.3) is 5.91 Å². The minimum absolute atomic E-state index is 0.0787. The number of benzene rings is 1. The predicted molar refractivity (Wildman–Crippen MR) is 89.7 cm³/mol. The SMILES string of the molecule is N#CC(=Cc1ccc(CNS(=O)(=O)c2ccc(Br)cc2)o1)C(N)=O. The number of amides is 1. The van der Waals surface area contributed by atoms with Gasteiger partial charge in [-0.2, -0.15) is 5.26 Å². The molecule has 0 aliphatic carbocycles. The van der Waals surface area contributed by atoms with E-state index in [9.17, 15) is 13.2 Å². The monoisotopic (exact) mass is 409 g/mol. The fraction of sp³-hybridized carbons (Fsp3) is 0.0667. The Hall–Kier alpha value is -2.41. The Morgan fingerprint density at radius 2 is 1.96 bits per heavy atom. The van der Waals surface area contributed by atoms with E-state index >= 15 is 0 Å². The molecule has 3 N–H and O–H groups in total. The topological polar surface area (TPSA) is 126 Å². The second-order valence-corrected chi connectivity index (χ2v) is 7.30. The molecule has 9 heteroatoms. The summed E-state index contributed by atoms with van der Waals surface area (Å²) in [6.45, 7) is -0.0787. The molecule has 0 saturated heterocycles. The first-order valence-corrected chi connectivity index (χ1v) is 8.85. The molecule has 1 heterocycles. The zero-order valence-electron chi connectivity index (χ0n) is 12.2. The third kappa shape index (κ3) is 4.55. The highest BCUT2D eigenvalue weighted by atomic mass is 79.9. The Bertz CT molecular complexity index is 924. The van der Waals surface area contributed by atoms with Crippen LogP contribution in [0.4, 0.5) is 0 Å². The molecule has 0 aliphatic rings. The molecule has 0 radical (unpaired) electrons. The number of nitriles is 1. The van der Waals surface area contributed by atoms with Crippen molar-refractivity contribution >= 4 is 37.9 Å². The first kappa shape index (κ1) is 17.9. The lowest BCUT2D eigenvalue weighted by atomic mass is 10.2. The van der Waals surface area contributed by atoms with E-state index in [1.165, 1.54) is 30.3 Å². The molecule has 124 valence electrons. The van der Waals surface area contributed by atoms with Crippen molar-refractivity contribution in [3.05, 3.63) is 58.0 Å². The van der Waals surface area contributed by atoms with Gasteiger partial charge in [0.1, 0.15) is 23.2 Å². The first-order valence-electron chi connectivity index (χ1n) is 6.57. The van der Waals surface area contributed by atoms with Crippen LogP contribution in [0.1, 0.15) is 11.5 Å². The van der Waals surface area contributed by atoms with Crippen LogP contribution >= 0.6 is 15.9 Å². The van der Waals surface area contributed by atoms with Gasteiger partial charge >= 0.3 is 0 Å². The van der Waals surface area contributed by atoms with Crippen LogP contribution in [0.15, 0.2) is 55.8 Å². The lowest BCUT2D eigenvalue weighted by molar-refractivity contribution is -0.114. The Morgan fingerprint density at radius 3 is 2.54 bits per heavy atom. The lowest BCUT2D eigenvalue weighted by Gasteiger charge is -2.05. The van der Waals surface area contributed by atoms with Crippen molar-refractivity contribution in [2.45, 2.75) is 11.4 Å². The first-order chi connectivity index (χ1) is 11.3. The number of rotatable bonds is 6. The number of halogens is 1. The summed E-state index contributed by atoms with van der Waals surface area (Å²) in [7, 11) is -3.68. The molecule has 0 fully saturated rings. The number of carbonyl (C=O) groups excluding carboxylic acids is 1. The van der Waals surface area contributed by atoms with E-state index in [1.54, 1.807) is 18.2 Å². The highest BCUT2D eigenvalue weighted by Gasteiger charge is 2.14. The van der Waals surface area contributed by atoms with E-state index in [0.29, 0.717) is 5.76 Å². The molecular weight excluding hydrogens is 398 g/mol. The molecule has 0 atom stereocenters. The number of nitrogens with one attached hydrogen (secondary N) is 1. The minimum atomic E-state index is -3.68. The van der Waals surface area contributed by atoms with Gasteiger partial charge < -0.3 is 10.2 Å². The third-order valence-corrected chi connectivity index (χ3v) is 4.86. The maximum absolute atomic E-state index is 12.2. The summed E-state index contributed by atoms with van der Waals surface area (Å²) in [5, 5.41) is 8.76. The Labute approximate surface area is 146 Å². The van der Waals surface area contributed by atoms with Crippen molar-refractivity contribution in [1.82, 2.24) is 4.72 Å². The highest BCUT2D eigenvalue weighted by Crippen LogP contribution is 2.16. The molecule has 1 aromatic carbocycles. The zero-order chi connectivity index (χ0) is 17.7. The standard InChI is InChI=1S/C15H12BrN3O4S/c16-11-1-5-14(6-2-11)24(21,22)19-9-13-4-3-12(23-13)7-10(8-17)15(18)20/h1-7,19H,9H2,(H2,18,20). The van der Waals surface area contributed by atoms with Crippen molar-refractivity contribution in [3.8, 4) is 6.07 Å². The summed E-state index contributed by atoms with van der Waals surface area (Å²) in [6.07, 6.45) is 1.19. The Kier molecular flexibility index (Phi) is 5.56. The molecular formula is C15H12BrN3O4S. The number of hydrogen-bond acceptors (Lipinski definition) is 5. The van der Waals surface area contributed by atoms with Crippen molar-refractivity contribution in [1.29, 1.82) is 5.26 Å². The smallest absolute Gasteiger partial charge is 0.259 e. The summed E-state index contributed by atoms with van der Waals surface area (Å²) in [5.41, 5.74) is 4.77. The van der Waals surface area contributed by atoms with E-state index < -0.39 is 15.9 Å². The van der Waals surface area contributed by atoms with E-state index in [4.69, 9.17) is 15.4 Å². The lowest BCUT2D eigenvalue weighted by Crippen LogP contribution is -2.22. The molecule has 2 aromatic rings. The maximum atomic E-state index is 12.2. The molecule has 24 heavy (non-hydrogen) atoms. The highest BCUT2D eigenvalue weighted by molar-refractivity contribution is 9.10. The van der Waals surface area contributed by atoms with Crippen LogP contribution in [0, 0.1) is 11.3 Å². The van der Waals surface area contributed by atoms with Crippen molar-refractivity contribution in [2.75, 3.05) is 0 Å². The van der Waals surface area contributed by atoms with Crippen molar-refractivity contribution in [2.24, 2.45) is 5.73 Å². The van der Waals surface area contributed by atoms with Crippen LogP contribution in [0.5, 0.6) is 0 Å². The molecule has 7 nitrogen and oxygen atoms in total. The van der Waals surface area contributed by atoms with Crippen molar-refractivity contribution < 1.29 is 17.6 Å². The third-order valence-electron chi connectivity index (χ3n) is 2.92. The number of nitrogens with two attached hydrogens (primary N) is 1. The summed E-state index contributed by atoms with van der Waals surface area (Å²) in [4.78, 5) is 11.1. The molecule has 2 rings (SSSR count). The van der Waals surface area contributed by atoms with Crippen molar-refractivity contribution in [3.63, 3.8) is 0 Å². The quantitative estimate of drug-likeness (QED) is 0.556. The maximum Gasteiger partial charge on any atom is 0.259 e. The number of carbonyl (C=O) groups is 1. The average molecular weight is 410 g/mol. The van der Waals surface area contributed by atoms with Crippen LogP contribution in [0.3, 0.4) is 0 Å². The molecule has 0 bridgehead atoms. The number of primary amides is 1.